The van der Waals surface area contributed by atoms with Crippen molar-refractivity contribution >= 4 is 27.0 Å². The van der Waals surface area contributed by atoms with Gasteiger partial charge in [-0.3, -0.25) is 0 Å². The summed E-state index contributed by atoms with van der Waals surface area (Å²) in [6, 6.07) is 6.71. The average molecular weight is 346 g/mol. The Morgan fingerprint density at radius 3 is 2.75 bits per heavy atom. The van der Waals surface area contributed by atoms with Crippen molar-refractivity contribution in [2.75, 3.05) is 19.4 Å². The van der Waals surface area contributed by atoms with Crippen LogP contribution in [0.4, 0.5) is 5.82 Å². The highest BCUT2D eigenvalue weighted by Crippen LogP contribution is 2.24. The summed E-state index contributed by atoms with van der Waals surface area (Å²) >= 11 is 0. The van der Waals surface area contributed by atoms with Gasteiger partial charge >= 0.3 is 0 Å². The number of fused-ring (bicyclic) bond motifs is 1. The molecule has 3 aromatic rings. The molecule has 0 amide bonds. The molecule has 8 nitrogen and oxygen atoms in total. The van der Waals surface area contributed by atoms with Crippen LogP contribution in [0.15, 0.2) is 41.8 Å². The SMILES string of the molecule is CC(Nc1ncnc2nc[nH]c12)c1cccc(S(=O)(=O)N(C)C)c1. The molecule has 0 radical (unpaired) electrons. The maximum atomic E-state index is 12.3. The van der Waals surface area contributed by atoms with E-state index < -0.39 is 10.0 Å². The Morgan fingerprint density at radius 2 is 2.00 bits per heavy atom. The molecule has 0 spiro atoms. The van der Waals surface area contributed by atoms with Crippen LogP contribution in [0.5, 0.6) is 0 Å². The third-order valence-corrected chi connectivity index (χ3v) is 5.52. The van der Waals surface area contributed by atoms with Crippen LogP contribution in [0, 0.1) is 0 Å². The predicted molar refractivity (Wildman–Crippen MR) is 91.0 cm³/mol. The van der Waals surface area contributed by atoms with E-state index in [1.807, 2.05) is 13.0 Å². The molecule has 126 valence electrons. The second-order valence-corrected chi connectivity index (χ2v) is 7.70. The highest BCUT2D eigenvalue weighted by atomic mass is 32.2. The number of hydrogen-bond acceptors (Lipinski definition) is 6. The van der Waals surface area contributed by atoms with Crippen LogP contribution in [0.1, 0.15) is 18.5 Å². The van der Waals surface area contributed by atoms with Gasteiger partial charge in [-0.1, -0.05) is 12.1 Å². The first kappa shape index (κ1) is 16.3. The molecular formula is C15H18N6O2S. The first-order chi connectivity index (χ1) is 11.4. The van der Waals surface area contributed by atoms with Gasteiger partial charge in [0.05, 0.1) is 17.3 Å². The lowest BCUT2D eigenvalue weighted by Crippen LogP contribution is -2.22. The number of imidazole rings is 1. The fraction of sp³-hybridized carbons (Fsp3) is 0.267. The quantitative estimate of drug-likeness (QED) is 0.730. The number of aromatic nitrogens is 4. The third-order valence-electron chi connectivity index (χ3n) is 3.71. The van der Waals surface area contributed by atoms with E-state index in [2.05, 4.69) is 25.3 Å². The summed E-state index contributed by atoms with van der Waals surface area (Å²) in [4.78, 5) is 15.6. The van der Waals surface area contributed by atoms with Crippen molar-refractivity contribution in [1.82, 2.24) is 24.2 Å². The maximum absolute atomic E-state index is 12.3. The summed E-state index contributed by atoms with van der Waals surface area (Å²) in [5.74, 6) is 0.617. The van der Waals surface area contributed by atoms with E-state index in [9.17, 15) is 8.42 Å². The third kappa shape index (κ3) is 2.95. The van der Waals surface area contributed by atoms with Crippen LogP contribution in [0.25, 0.3) is 11.2 Å². The topological polar surface area (TPSA) is 104 Å². The molecule has 24 heavy (non-hydrogen) atoms. The minimum Gasteiger partial charge on any atom is -0.362 e. The van der Waals surface area contributed by atoms with Gasteiger partial charge in [0, 0.05) is 14.1 Å². The van der Waals surface area contributed by atoms with Crippen molar-refractivity contribution in [1.29, 1.82) is 0 Å². The molecule has 2 aromatic heterocycles. The van der Waals surface area contributed by atoms with Crippen molar-refractivity contribution in [2.45, 2.75) is 17.9 Å². The lowest BCUT2D eigenvalue weighted by molar-refractivity contribution is 0.520. The maximum Gasteiger partial charge on any atom is 0.242 e. The summed E-state index contributed by atoms with van der Waals surface area (Å²) in [6.07, 6.45) is 2.99. The Morgan fingerprint density at radius 1 is 1.21 bits per heavy atom. The number of benzene rings is 1. The summed E-state index contributed by atoms with van der Waals surface area (Å²) in [5.41, 5.74) is 2.12. The first-order valence-electron chi connectivity index (χ1n) is 7.32. The molecule has 0 aliphatic heterocycles. The molecule has 1 atom stereocenters. The van der Waals surface area contributed by atoms with Crippen molar-refractivity contribution in [3.05, 3.63) is 42.5 Å². The molecular weight excluding hydrogens is 328 g/mol. The molecule has 1 unspecified atom stereocenters. The van der Waals surface area contributed by atoms with E-state index in [-0.39, 0.29) is 10.9 Å². The van der Waals surface area contributed by atoms with E-state index in [1.54, 1.807) is 24.5 Å². The fourth-order valence-electron chi connectivity index (χ4n) is 2.32. The fourth-order valence-corrected chi connectivity index (χ4v) is 3.28. The minimum absolute atomic E-state index is 0.149. The van der Waals surface area contributed by atoms with E-state index in [1.165, 1.54) is 24.7 Å². The number of rotatable bonds is 5. The summed E-state index contributed by atoms with van der Waals surface area (Å²) in [7, 11) is -0.441. The lowest BCUT2D eigenvalue weighted by Gasteiger charge is -2.17. The van der Waals surface area contributed by atoms with Gasteiger partial charge in [0.1, 0.15) is 11.8 Å². The molecule has 0 bridgehead atoms. The number of anilines is 1. The summed E-state index contributed by atoms with van der Waals surface area (Å²) in [6.45, 7) is 1.94. The molecule has 0 aliphatic rings. The van der Waals surface area contributed by atoms with E-state index in [4.69, 9.17) is 0 Å². The normalized spacial score (nSPS) is 13.3. The van der Waals surface area contributed by atoms with E-state index >= 15 is 0 Å². The highest BCUT2D eigenvalue weighted by Gasteiger charge is 2.19. The first-order valence-corrected chi connectivity index (χ1v) is 8.76. The molecule has 2 heterocycles. The number of sulfonamides is 1. The number of aromatic amines is 1. The van der Waals surface area contributed by atoms with Crippen LogP contribution in [0.3, 0.4) is 0 Å². The van der Waals surface area contributed by atoms with Crippen molar-refractivity contribution in [3.8, 4) is 0 Å². The smallest absolute Gasteiger partial charge is 0.242 e. The monoisotopic (exact) mass is 346 g/mol. The molecule has 3 rings (SSSR count). The van der Waals surface area contributed by atoms with Crippen molar-refractivity contribution < 1.29 is 8.42 Å². The zero-order chi connectivity index (χ0) is 17.3. The van der Waals surface area contributed by atoms with Gasteiger partial charge in [0.2, 0.25) is 10.0 Å². The molecule has 0 saturated carbocycles. The van der Waals surface area contributed by atoms with Crippen molar-refractivity contribution in [2.24, 2.45) is 0 Å². The number of nitrogens with one attached hydrogen (secondary N) is 2. The number of H-pyrrole nitrogens is 1. The average Bonchev–Trinajstić information content (AvgIpc) is 3.04. The predicted octanol–water partition coefficient (Wildman–Crippen LogP) is 1.78. The highest BCUT2D eigenvalue weighted by molar-refractivity contribution is 7.89. The van der Waals surface area contributed by atoms with Crippen LogP contribution < -0.4 is 5.32 Å². The Kier molecular flexibility index (Phi) is 4.20. The van der Waals surface area contributed by atoms with E-state index in [0.717, 1.165) is 5.56 Å². The molecule has 2 N–H and O–H groups in total. The van der Waals surface area contributed by atoms with Gasteiger partial charge < -0.3 is 10.3 Å². The van der Waals surface area contributed by atoms with Crippen LogP contribution >= 0.6 is 0 Å². The molecule has 0 fully saturated rings. The Bertz CT molecular complexity index is 967. The van der Waals surface area contributed by atoms with Gasteiger partial charge in [0.15, 0.2) is 11.5 Å². The lowest BCUT2D eigenvalue weighted by atomic mass is 10.1. The minimum atomic E-state index is -3.47. The Balaban J connectivity index is 1.91. The Labute approximate surface area is 140 Å². The van der Waals surface area contributed by atoms with E-state index in [0.29, 0.717) is 17.0 Å². The molecule has 0 aliphatic carbocycles. The second kappa shape index (κ2) is 6.17. The van der Waals surface area contributed by atoms with Gasteiger partial charge in [-0.2, -0.15) is 0 Å². The largest absolute Gasteiger partial charge is 0.362 e. The van der Waals surface area contributed by atoms with Gasteiger partial charge in [0.25, 0.3) is 0 Å². The van der Waals surface area contributed by atoms with Crippen LogP contribution in [0.2, 0.25) is 0 Å². The van der Waals surface area contributed by atoms with Gasteiger partial charge in [-0.05, 0) is 24.6 Å². The van der Waals surface area contributed by atoms with Gasteiger partial charge in [-0.25, -0.2) is 27.7 Å². The van der Waals surface area contributed by atoms with Crippen LogP contribution in [-0.4, -0.2) is 46.8 Å². The molecule has 1 aromatic carbocycles. The summed E-state index contributed by atoms with van der Waals surface area (Å²) in [5, 5.41) is 3.26. The van der Waals surface area contributed by atoms with Crippen molar-refractivity contribution in [3.63, 3.8) is 0 Å². The van der Waals surface area contributed by atoms with Gasteiger partial charge in [-0.15, -0.1) is 0 Å². The zero-order valence-corrected chi connectivity index (χ0v) is 14.4. The summed E-state index contributed by atoms with van der Waals surface area (Å²) < 4.78 is 25.8. The number of hydrogen-bond donors (Lipinski definition) is 2. The number of nitrogens with zero attached hydrogens (tertiary/aromatic N) is 4. The molecule has 0 saturated heterocycles. The second-order valence-electron chi connectivity index (χ2n) is 5.55. The standard InChI is InChI=1S/C15H18N6O2S/c1-10(20-15-13-14(17-8-16-13)18-9-19-15)11-5-4-6-12(7-11)24(22,23)21(2)3/h4-10H,1-3H3,(H2,16,17,18,19,20). The van der Waals surface area contributed by atoms with Crippen LogP contribution in [-0.2, 0) is 10.0 Å². The Hall–Kier alpha value is -2.52. The zero-order valence-electron chi connectivity index (χ0n) is 13.6. The molecule has 9 heteroatoms.